The number of carbonyl (C=O) groups is 2. The number of hydrogen-bond donors (Lipinski definition) is 2. The summed E-state index contributed by atoms with van der Waals surface area (Å²) >= 11 is 1.18. The second kappa shape index (κ2) is 8.97. The van der Waals surface area contributed by atoms with Crippen molar-refractivity contribution in [3.05, 3.63) is 75.3 Å². The number of hydrogen-bond acceptors (Lipinski definition) is 4. The van der Waals surface area contributed by atoms with Gasteiger partial charge in [0.2, 0.25) is 11.8 Å². The molecular weight excluding hydrogens is 382 g/mol. The van der Waals surface area contributed by atoms with Crippen LogP contribution in [0.1, 0.15) is 34.6 Å². The van der Waals surface area contributed by atoms with Crippen molar-refractivity contribution < 1.29 is 9.59 Å². The summed E-state index contributed by atoms with van der Waals surface area (Å²) in [5, 5.41) is 15.8. The van der Waals surface area contributed by atoms with Gasteiger partial charge in [0, 0.05) is 18.0 Å². The number of anilines is 1. The average molecular weight is 406 g/mol. The number of nitriles is 1. The summed E-state index contributed by atoms with van der Waals surface area (Å²) in [6.45, 7) is 5.94. The van der Waals surface area contributed by atoms with E-state index in [0.717, 1.165) is 27.9 Å². The Morgan fingerprint density at radius 1 is 1.17 bits per heavy atom. The minimum Gasteiger partial charge on any atom is -0.325 e. The fourth-order valence-corrected chi connectivity index (χ4v) is 4.17. The van der Waals surface area contributed by atoms with Gasteiger partial charge >= 0.3 is 0 Å². The molecule has 0 spiro atoms. The van der Waals surface area contributed by atoms with E-state index in [-0.39, 0.29) is 29.9 Å². The maximum atomic E-state index is 12.4. The molecule has 0 fully saturated rings. The summed E-state index contributed by atoms with van der Waals surface area (Å²) < 4.78 is 0. The highest BCUT2D eigenvalue weighted by atomic mass is 32.2. The largest absolute Gasteiger partial charge is 0.325 e. The van der Waals surface area contributed by atoms with Crippen LogP contribution in [-0.2, 0) is 9.59 Å². The van der Waals surface area contributed by atoms with Gasteiger partial charge in [-0.05, 0) is 38.0 Å². The number of nitrogens with one attached hydrogen (secondary N) is 2. The van der Waals surface area contributed by atoms with E-state index in [1.807, 2.05) is 63.2 Å². The number of rotatable bonds is 5. The lowest BCUT2D eigenvalue weighted by Gasteiger charge is -2.25. The van der Waals surface area contributed by atoms with Gasteiger partial charge < -0.3 is 10.6 Å². The molecule has 0 radical (unpaired) electrons. The summed E-state index contributed by atoms with van der Waals surface area (Å²) in [7, 11) is 0. The van der Waals surface area contributed by atoms with Crippen LogP contribution in [0.25, 0.3) is 0 Å². The average Bonchev–Trinajstić information content (AvgIpc) is 2.68. The van der Waals surface area contributed by atoms with E-state index in [4.69, 9.17) is 0 Å². The zero-order valence-electron chi connectivity index (χ0n) is 16.7. The van der Waals surface area contributed by atoms with Crippen molar-refractivity contribution in [3.63, 3.8) is 0 Å². The quantitative estimate of drug-likeness (QED) is 0.776. The van der Waals surface area contributed by atoms with Crippen molar-refractivity contribution in [3.8, 4) is 6.07 Å². The van der Waals surface area contributed by atoms with Crippen molar-refractivity contribution in [1.82, 2.24) is 5.32 Å². The Hall–Kier alpha value is -3.04. The van der Waals surface area contributed by atoms with Crippen LogP contribution in [0.5, 0.6) is 0 Å². The van der Waals surface area contributed by atoms with E-state index in [1.165, 1.54) is 11.8 Å². The van der Waals surface area contributed by atoms with Crippen LogP contribution >= 0.6 is 11.8 Å². The van der Waals surface area contributed by atoms with Crippen LogP contribution in [0.3, 0.4) is 0 Å². The van der Waals surface area contributed by atoms with Crippen LogP contribution in [0.2, 0.25) is 0 Å². The van der Waals surface area contributed by atoms with Gasteiger partial charge in [-0.2, -0.15) is 5.26 Å². The molecule has 2 N–H and O–H groups in total. The van der Waals surface area contributed by atoms with E-state index in [0.29, 0.717) is 10.6 Å². The topological polar surface area (TPSA) is 82.0 Å². The van der Waals surface area contributed by atoms with Crippen LogP contribution in [0.4, 0.5) is 5.69 Å². The van der Waals surface area contributed by atoms with E-state index in [9.17, 15) is 14.9 Å². The molecule has 2 aromatic rings. The number of amides is 2. The summed E-state index contributed by atoms with van der Waals surface area (Å²) in [6.07, 6.45) is 0.227. The van der Waals surface area contributed by atoms with Crippen molar-refractivity contribution >= 4 is 29.3 Å². The molecule has 29 heavy (non-hydrogen) atoms. The van der Waals surface area contributed by atoms with Crippen LogP contribution in [0, 0.1) is 32.1 Å². The molecule has 3 rings (SSSR count). The summed E-state index contributed by atoms with van der Waals surface area (Å²) in [6, 6.07) is 15.9. The third-order valence-corrected chi connectivity index (χ3v) is 5.86. The first kappa shape index (κ1) is 20.7. The standard InChI is InChI=1S/C23H23N3O2S/c1-14-4-7-17(8-5-14)18-11-21(27)26-23(19(18)12-24)29-13-22(28)25-20-9-6-15(2)10-16(20)3/h4-10,18H,11,13H2,1-3H3,(H,25,28)(H,26,27)/t18-/m0/s1. The fraction of sp³-hybridized carbons (Fsp3) is 0.261. The summed E-state index contributed by atoms with van der Waals surface area (Å²) in [4.78, 5) is 24.6. The lowest BCUT2D eigenvalue weighted by atomic mass is 9.87. The smallest absolute Gasteiger partial charge is 0.234 e. The molecule has 2 aromatic carbocycles. The van der Waals surface area contributed by atoms with E-state index >= 15 is 0 Å². The van der Waals surface area contributed by atoms with Crippen LogP contribution in [0.15, 0.2) is 53.1 Å². The molecule has 1 heterocycles. The lowest BCUT2D eigenvalue weighted by molar-refractivity contribution is -0.121. The van der Waals surface area contributed by atoms with Gasteiger partial charge in [0.1, 0.15) is 0 Å². The highest BCUT2D eigenvalue weighted by molar-refractivity contribution is 8.03. The maximum absolute atomic E-state index is 12.4. The summed E-state index contributed by atoms with van der Waals surface area (Å²) in [5.74, 6) is -0.515. The predicted octanol–water partition coefficient (Wildman–Crippen LogP) is 4.32. The van der Waals surface area contributed by atoms with Gasteiger partial charge in [-0.25, -0.2) is 0 Å². The third kappa shape index (κ3) is 5.07. The number of aryl methyl sites for hydroxylation is 3. The predicted molar refractivity (Wildman–Crippen MR) is 116 cm³/mol. The first-order chi connectivity index (χ1) is 13.9. The van der Waals surface area contributed by atoms with Gasteiger partial charge in [0.05, 0.1) is 22.4 Å². The summed E-state index contributed by atoms with van der Waals surface area (Å²) in [5.41, 5.74) is 5.43. The molecule has 2 amide bonds. The Morgan fingerprint density at radius 2 is 1.86 bits per heavy atom. The SMILES string of the molecule is Cc1ccc([C@@H]2CC(=O)NC(SCC(=O)Nc3ccc(C)cc3C)=C2C#N)cc1. The highest BCUT2D eigenvalue weighted by Crippen LogP contribution is 2.36. The zero-order valence-corrected chi connectivity index (χ0v) is 17.5. The number of carbonyl (C=O) groups excluding carboxylic acids is 2. The van der Waals surface area contributed by atoms with Crippen molar-refractivity contribution in [2.24, 2.45) is 0 Å². The first-order valence-electron chi connectivity index (χ1n) is 9.38. The minimum absolute atomic E-state index is 0.106. The van der Waals surface area contributed by atoms with Crippen molar-refractivity contribution in [2.75, 3.05) is 11.1 Å². The number of allylic oxidation sites excluding steroid dienone is 1. The lowest BCUT2D eigenvalue weighted by Crippen LogP contribution is -2.31. The molecule has 5 nitrogen and oxygen atoms in total. The number of benzene rings is 2. The fourth-order valence-electron chi connectivity index (χ4n) is 3.29. The van der Waals surface area contributed by atoms with Gasteiger partial charge in [-0.3, -0.25) is 9.59 Å². The molecule has 0 saturated heterocycles. The Morgan fingerprint density at radius 3 is 2.52 bits per heavy atom. The third-order valence-electron chi connectivity index (χ3n) is 4.84. The molecule has 0 aliphatic carbocycles. The molecule has 1 atom stereocenters. The second-order valence-corrected chi connectivity index (χ2v) is 8.21. The molecule has 148 valence electrons. The molecular formula is C23H23N3O2S. The zero-order chi connectivity index (χ0) is 21.0. The van der Waals surface area contributed by atoms with Crippen LogP contribution < -0.4 is 10.6 Å². The van der Waals surface area contributed by atoms with Gasteiger partial charge in [-0.15, -0.1) is 0 Å². The monoisotopic (exact) mass is 405 g/mol. The van der Waals surface area contributed by atoms with E-state index in [1.54, 1.807) is 0 Å². The minimum atomic E-state index is -0.292. The molecule has 0 unspecified atom stereocenters. The molecule has 0 bridgehead atoms. The van der Waals surface area contributed by atoms with E-state index < -0.39 is 0 Å². The second-order valence-electron chi connectivity index (χ2n) is 7.23. The normalized spacial score (nSPS) is 16.2. The molecule has 6 heteroatoms. The van der Waals surface area contributed by atoms with Gasteiger partial charge in [0.25, 0.3) is 0 Å². The maximum Gasteiger partial charge on any atom is 0.234 e. The molecule has 1 aliphatic rings. The Bertz CT molecular complexity index is 1020. The molecule has 0 saturated carbocycles. The van der Waals surface area contributed by atoms with E-state index in [2.05, 4.69) is 16.7 Å². The van der Waals surface area contributed by atoms with Crippen LogP contribution in [-0.4, -0.2) is 17.6 Å². The Kier molecular flexibility index (Phi) is 6.40. The Labute approximate surface area is 175 Å². The van der Waals surface area contributed by atoms with Crippen molar-refractivity contribution in [2.45, 2.75) is 33.1 Å². The first-order valence-corrected chi connectivity index (χ1v) is 10.4. The Balaban J connectivity index is 1.75. The number of nitrogens with zero attached hydrogens (tertiary/aromatic N) is 1. The van der Waals surface area contributed by atoms with Gasteiger partial charge in [0.15, 0.2) is 0 Å². The number of thioether (sulfide) groups is 1. The van der Waals surface area contributed by atoms with Gasteiger partial charge in [-0.1, -0.05) is 59.3 Å². The molecule has 1 aliphatic heterocycles. The molecule has 0 aromatic heterocycles. The van der Waals surface area contributed by atoms with Crippen molar-refractivity contribution in [1.29, 1.82) is 5.26 Å². The highest BCUT2D eigenvalue weighted by Gasteiger charge is 2.29.